The molecule has 2 aliphatic rings. The Morgan fingerprint density at radius 1 is 1.18 bits per heavy atom. The third-order valence-corrected chi connectivity index (χ3v) is 5.64. The molecule has 1 saturated heterocycles. The first-order valence-corrected chi connectivity index (χ1v) is 10.1. The van der Waals surface area contributed by atoms with Gasteiger partial charge in [0.05, 0.1) is 18.6 Å². The van der Waals surface area contributed by atoms with Crippen LogP contribution in [0.5, 0.6) is 5.75 Å². The van der Waals surface area contributed by atoms with E-state index in [4.69, 9.17) is 4.74 Å². The second-order valence-electron chi connectivity index (χ2n) is 7.48. The minimum atomic E-state index is -0.312. The van der Waals surface area contributed by atoms with E-state index in [0.29, 0.717) is 13.2 Å². The van der Waals surface area contributed by atoms with Crippen LogP contribution in [0.4, 0.5) is 5.69 Å². The summed E-state index contributed by atoms with van der Waals surface area (Å²) in [6.07, 6.45) is 3.35. The van der Waals surface area contributed by atoms with Crippen LogP contribution in [0.15, 0.2) is 48.5 Å². The fourth-order valence-corrected chi connectivity index (χ4v) is 4.22. The molecular weight excluding hydrogens is 352 g/mol. The van der Waals surface area contributed by atoms with Gasteiger partial charge in [-0.25, -0.2) is 0 Å². The number of rotatable bonds is 5. The number of fused-ring (bicyclic) bond motifs is 1. The van der Waals surface area contributed by atoms with Crippen molar-refractivity contribution < 1.29 is 14.3 Å². The summed E-state index contributed by atoms with van der Waals surface area (Å²) in [6, 6.07) is 15.8. The quantitative estimate of drug-likeness (QED) is 0.864. The van der Waals surface area contributed by atoms with Crippen molar-refractivity contribution in [2.75, 3.05) is 18.1 Å². The predicted molar refractivity (Wildman–Crippen MR) is 108 cm³/mol. The number of benzene rings is 2. The molecule has 5 nitrogen and oxygen atoms in total. The molecule has 28 heavy (non-hydrogen) atoms. The van der Waals surface area contributed by atoms with E-state index in [1.807, 2.05) is 43.3 Å². The summed E-state index contributed by atoms with van der Waals surface area (Å²) >= 11 is 0. The zero-order valence-electron chi connectivity index (χ0n) is 16.2. The lowest BCUT2D eigenvalue weighted by molar-refractivity contribution is -0.127. The molecule has 5 heteroatoms. The van der Waals surface area contributed by atoms with E-state index in [-0.39, 0.29) is 30.2 Å². The Morgan fingerprint density at radius 3 is 2.75 bits per heavy atom. The highest BCUT2D eigenvalue weighted by atomic mass is 16.5. The average Bonchev–Trinajstić information content (AvgIpc) is 3.11. The van der Waals surface area contributed by atoms with Gasteiger partial charge in [-0.05, 0) is 61.6 Å². The van der Waals surface area contributed by atoms with Gasteiger partial charge in [-0.3, -0.25) is 9.59 Å². The van der Waals surface area contributed by atoms with Crippen molar-refractivity contribution in [1.82, 2.24) is 5.32 Å². The van der Waals surface area contributed by atoms with Crippen LogP contribution >= 0.6 is 0 Å². The predicted octanol–water partition coefficient (Wildman–Crippen LogP) is 3.63. The molecule has 4 rings (SSSR count). The number of aryl methyl sites for hydroxylation is 1. The lowest BCUT2D eigenvalue weighted by Crippen LogP contribution is -2.36. The van der Waals surface area contributed by atoms with Crippen LogP contribution in [0.25, 0.3) is 0 Å². The van der Waals surface area contributed by atoms with Gasteiger partial charge in [0.15, 0.2) is 0 Å². The fraction of sp³-hybridized carbons (Fsp3) is 0.391. The Morgan fingerprint density at radius 2 is 1.96 bits per heavy atom. The second kappa shape index (κ2) is 8.05. The number of anilines is 1. The summed E-state index contributed by atoms with van der Waals surface area (Å²) in [4.78, 5) is 27.1. The molecule has 0 aromatic heterocycles. The normalized spacial score (nSPS) is 21.3. The number of hydrogen-bond donors (Lipinski definition) is 1. The largest absolute Gasteiger partial charge is 0.494 e. The summed E-state index contributed by atoms with van der Waals surface area (Å²) in [7, 11) is 0. The number of carbonyl (C=O) groups is 2. The highest BCUT2D eigenvalue weighted by molar-refractivity contribution is 6.00. The Labute approximate surface area is 165 Å². The molecule has 2 atom stereocenters. The first kappa shape index (κ1) is 18.5. The second-order valence-corrected chi connectivity index (χ2v) is 7.48. The van der Waals surface area contributed by atoms with Gasteiger partial charge >= 0.3 is 0 Å². The van der Waals surface area contributed by atoms with Crippen LogP contribution in [0.1, 0.15) is 43.4 Å². The van der Waals surface area contributed by atoms with E-state index in [9.17, 15) is 9.59 Å². The fourth-order valence-electron chi connectivity index (χ4n) is 4.22. The molecule has 1 N–H and O–H groups in total. The lowest BCUT2D eigenvalue weighted by Gasteiger charge is -2.27. The molecule has 0 unspecified atom stereocenters. The van der Waals surface area contributed by atoms with Crippen LogP contribution in [0.3, 0.4) is 0 Å². The number of amides is 2. The smallest absolute Gasteiger partial charge is 0.227 e. The molecule has 1 aliphatic heterocycles. The highest BCUT2D eigenvalue weighted by Crippen LogP contribution is 2.31. The number of hydrogen-bond acceptors (Lipinski definition) is 3. The molecule has 0 bridgehead atoms. The molecule has 0 saturated carbocycles. The third-order valence-electron chi connectivity index (χ3n) is 5.64. The molecule has 146 valence electrons. The van der Waals surface area contributed by atoms with E-state index >= 15 is 0 Å². The van der Waals surface area contributed by atoms with Gasteiger partial charge < -0.3 is 15.0 Å². The maximum absolute atomic E-state index is 12.9. The average molecular weight is 378 g/mol. The number of nitrogens with zero attached hydrogens (tertiary/aromatic N) is 1. The van der Waals surface area contributed by atoms with Gasteiger partial charge in [-0.2, -0.15) is 0 Å². The number of carbonyl (C=O) groups excluding carboxylic acids is 2. The standard InChI is InChI=1S/C23H26N2O3/c1-2-28-19-12-10-18(11-13-19)25-15-17(14-22(25)26)23(27)24-21-9-5-7-16-6-3-4-8-20(16)21/h3-4,6,8,10-13,17,21H,2,5,7,9,14-15H2,1H3,(H,24,27)/t17-,21+/m0/s1. The Kier molecular flexibility index (Phi) is 5.33. The summed E-state index contributed by atoms with van der Waals surface area (Å²) in [5, 5.41) is 3.20. The SMILES string of the molecule is CCOc1ccc(N2C[C@@H](C(=O)N[C@@H]3CCCc4ccccc43)CC2=O)cc1. The molecule has 0 radical (unpaired) electrons. The molecule has 1 heterocycles. The highest BCUT2D eigenvalue weighted by Gasteiger charge is 2.36. The maximum Gasteiger partial charge on any atom is 0.227 e. The van der Waals surface area contributed by atoms with Crippen molar-refractivity contribution >= 4 is 17.5 Å². The Balaban J connectivity index is 1.42. The van der Waals surface area contributed by atoms with Crippen molar-refractivity contribution in [3.8, 4) is 5.75 Å². The monoisotopic (exact) mass is 378 g/mol. The topological polar surface area (TPSA) is 58.6 Å². The molecule has 2 aromatic rings. The van der Waals surface area contributed by atoms with E-state index in [1.54, 1.807) is 4.90 Å². The molecule has 2 amide bonds. The van der Waals surface area contributed by atoms with Crippen molar-refractivity contribution in [3.63, 3.8) is 0 Å². The minimum Gasteiger partial charge on any atom is -0.494 e. The first-order valence-electron chi connectivity index (χ1n) is 10.1. The first-order chi connectivity index (χ1) is 13.7. The van der Waals surface area contributed by atoms with Crippen molar-refractivity contribution in [2.45, 2.75) is 38.6 Å². The summed E-state index contributed by atoms with van der Waals surface area (Å²) in [5.41, 5.74) is 3.35. The van der Waals surface area contributed by atoms with Gasteiger partial charge in [-0.15, -0.1) is 0 Å². The van der Waals surface area contributed by atoms with Gasteiger partial charge in [0.1, 0.15) is 5.75 Å². The van der Waals surface area contributed by atoms with Crippen molar-refractivity contribution in [1.29, 1.82) is 0 Å². The van der Waals surface area contributed by atoms with E-state index in [1.165, 1.54) is 11.1 Å². The zero-order valence-corrected chi connectivity index (χ0v) is 16.2. The number of ether oxygens (including phenoxy) is 1. The molecule has 0 spiro atoms. The van der Waals surface area contributed by atoms with Gasteiger partial charge in [0, 0.05) is 18.7 Å². The van der Waals surface area contributed by atoms with Crippen molar-refractivity contribution in [2.24, 2.45) is 5.92 Å². The maximum atomic E-state index is 12.9. The lowest BCUT2D eigenvalue weighted by atomic mass is 9.87. The molecule has 2 aromatic carbocycles. The van der Waals surface area contributed by atoms with Gasteiger partial charge in [0.25, 0.3) is 0 Å². The van der Waals surface area contributed by atoms with Crippen LogP contribution in [-0.2, 0) is 16.0 Å². The van der Waals surface area contributed by atoms with E-state index in [2.05, 4.69) is 17.4 Å². The molecule has 1 aliphatic carbocycles. The van der Waals surface area contributed by atoms with E-state index < -0.39 is 0 Å². The third kappa shape index (κ3) is 3.75. The van der Waals surface area contributed by atoms with Crippen LogP contribution < -0.4 is 15.0 Å². The Bertz CT molecular complexity index is 862. The molecular formula is C23H26N2O3. The Hall–Kier alpha value is -2.82. The van der Waals surface area contributed by atoms with E-state index in [0.717, 1.165) is 30.7 Å². The van der Waals surface area contributed by atoms with Gasteiger partial charge in [0.2, 0.25) is 11.8 Å². The van der Waals surface area contributed by atoms with Crippen molar-refractivity contribution in [3.05, 3.63) is 59.7 Å². The summed E-state index contributed by atoms with van der Waals surface area (Å²) in [5.74, 6) is 0.438. The van der Waals surface area contributed by atoms with Crippen LogP contribution in [0.2, 0.25) is 0 Å². The van der Waals surface area contributed by atoms with Gasteiger partial charge in [-0.1, -0.05) is 24.3 Å². The van der Waals surface area contributed by atoms with Crippen LogP contribution in [0, 0.1) is 5.92 Å². The van der Waals surface area contributed by atoms with Crippen LogP contribution in [-0.4, -0.2) is 25.0 Å². The molecule has 1 fully saturated rings. The zero-order chi connectivity index (χ0) is 19.5. The summed E-state index contributed by atoms with van der Waals surface area (Å²) in [6.45, 7) is 2.97. The minimum absolute atomic E-state index is 0.00615. The number of nitrogens with one attached hydrogen (secondary N) is 1. The summed E-state index contributed by atoms with van der Waals surface area (Å²) < 4.78 is 5.46.